The van der Waals surface area contributed by atoms with Crippen molar-refractivity contribution in [2.24, 2.45) is 0 Å². The number of thioether (sulfide) groups is 1. The Balaban J connectivity index is 1.68. The van der Waals surface area contributed by atoms with Gasteiger partial charge in [-0.15, -0.1) is 10.2 Å². The van der Waals surface area contributed by atoms with E-state index in [2.05, 4.69) is 15.5 Å². The predicted molar refractivity (Wildman–Crippen MR) is 107 cm³/mol. The molecule has 0 saturated heterocycles. The van der Waals surface area contributed by atoms with E-state index in [0.717, 1.165) is 24.1 Å². The first-order chi connectivity index (χ1) is 13.9. The first-order valence-electron chi connectivity index (χ1n) is 8.97. The van der Waals surface area contributed by atoms with Gasteiger partial charge >= 0.3 is 6.18 Å². The van der Waals surface area contributed by atoms with Crippen molar-refractivity contribution in [2.75, 3.05) is 11.1 Å². The van der Waals surface area contributed by atoms with Crippen LogP contribution >= 0.6 is 11.8 Å². The molecule has 0 unspecified atom stereocenters. The van der Waals surface area contributed by atoms with Crippen LogP contribution in [-0.4, -0.2) is 26.4 Å². The zero-order valence-corrected chi connectivity index (χ0v) is 16.4. The minimum absolute atomic E-state index is 0.00683. The van der Waals surface area contributed by atoms with Crippen molar-refractivity contribution in [1.82, 2.24) is 14.8 Å². The molecule has 0 fully saturated rings. The molecule has 5 nitrogen and oxygen atoms in total. The number of nitrogens with zero attached hydrogens (tertiary/aromatic N) is 3. The number of hydrogen-bond donors (Lipinski definition) is 1. The molecule has 1 N–H and O–H groups in total. The fourth-order valence-electron chi connectivity index (χ4n) is 2.72. The Labute approximate surface area is 170 Å². The highest BCUT2D eigenvalue weighted by molar-refractivity contribution is 7.99. The minimum atomic E-state index is -4.46. The third kappa shape index (κ3) is 5.38. The van der Waals surface area contributed by atoms with Gasteiger partial charge in [-0.05, 0) is 24.6 Å². The highest BCUT2D eigenvalue weighted by Gasteiger charge is 2.30. The van der Waals surface area contributed by atoms with Crippen molar-refractivity contribution in [3.8, 4) is 11.4 Å². The first kappa shape index (κ1) is 20.9. The number of halogens is 3. The monoisotopic (exact) mass is 420 g/mol. The molecule has 0 saturated carbocycles. The van der Waals surface area contributed by atoms with Gasteiger partial charge in [0.05, 0.1) is 11.3 Å². The number of carbonyl (C=O) groups is 1. The zero-order valence-electron chi connectivity index (χ0n) is 15.6. The highest BCUT2D eigenvalue weighted by Crippen LogP contribution is 2.31. The number of aromatic nitrogens is 3. The molecule has 0 bridgehead atoms. The summed E-state index contributed by atoms with van der Waals surface area (Å²) in [7, 11) is 0. The summed E-state index contributed by atoms with van der Waals surface area (Å²) in [5.74, 6) is 0.308. The van der Waals surface area contributed by atoms with Crippen LogP contribution in [0.4, 0.5) is 18.9 Å². The number of alkyl halides is 3. The van der Waals surface area contributed by atoms with Crippen molar-refractivity contribution < 1.29 is 18.0 Å². The Kier molecular flexibility index (Phi) is 6.58. The molecule has 0 aliphatic rings. The third-order valence-electron chi connectivity index (χ3n) is 4.00. The smallest absolute Gasteiger partial charge is 0.325 e. The number of nitrogens with one attached hydrogen (secondary N) is 1. The van der Waals surface area contributed by atoms with Crippen molar-refractivity contribution in [1.29, 1.82) is 0 Å². The summed E-state index contributed by atoms with van der Waals surface area (Å²) in [6.07, 6.45) is -3.60. The topological polar surface area (TPSA) is 59.8 Å². The van der Waals surface area contributed by atoms with Gasteiger partial charge in [-0.3, -0.25) is 4.79 Å². The van der Waals surface area contributed by atoms with Gasteiger partial charge in [0, 0.05) is 17.8 Å². The highest BCUT2D eigenvalue weighted by atomic mass is 32.2. The van der Waals surface area contributed by atoms with E-state index in [0.29, 0.717) is 17.5 Å². The number of anilines is 1. The van der Waals surface area contributed by atoms with Crippen molar-refractivity contribution >= 4 is 23.4 Å². The van der Waals surface area contributed by atoms with Gasteiger partial charge in [-0.25, -0.2) is 0 Å². The van der Waals surface area contributed by atoms with E-state index in [1.807, 2.05) is 41.8 Å². The second-order valence-corrected chi connectivity index (χ2v) is 7.18. The third-order valence-corrected chi connectivity index (χ3v) is 4.97. The Morgan fingerprint density at radius 1 is 1.10 bits per heavy atom. The van der Waals surface area contributed by atoms with E-state index in [4.69, 9.17) is 0 Å². The molecule has 2 aromatic carbocycles. The van der Waals surface area contributed by atoms with Crippen LogP contribution in [0.1, 0.15) is 18.9 Å². The number of rotatable bonds is 7. The first-order valence-corrected chi connectivity index (χ1v) is 9.95. The van der Waals surface area contributed by atoms with E-state index in [9.17, 15) is 18.0 Å². The van der Waals surface area contributed by atoms with Crippen LogP contribution in [0.15, 0.2) is 59.8 Å². The summed E-state index contributed by atoms with van der Waals surface area (Å²) in [5, 5.41) is 11.5. The van der Waals surface area contributed by atoms with Crippen molar-refractivity contribution in [2.45, 2.75) is 31.2 Å². The van der Waals surface area contributed by atoms with Crippen LogP contribution in [0, 0.1) is 0 Å². The molecular weight excluding hydrogens is 401 g/mol. The summed E-state index contributed by atoms with van der Waals surface area (Å²) >= 11 is 1.19. The van der Waals surface area contributed by atoms with Crippen LogP contribution in [-0.2, 0) is 17.5 Å². The van der Waals surface area contributed by atoms with Gasteiger partial charge in [0.1, 0.15) is 0 Å². The van der Waals surface area contributed by atoms with E-state index >= 15 is 0 Å². The van der Waals surface area contributed by atoms with Gasteiger partial charge in [-0.1, -0.05) is 55.1 Å². The normalized spacial score (nSPS) is 11.4. The maximum Gasteiger partial charge on any atom is 0.416 e. The molecule has 0 atom stereocenters. The van der Waals surface area contributed by atoms with Crippen LogP contribution in [0.2, 0.25) is 0 Å². The minimum Gasteiger partial charge on any atom is -0.325 e. The summed E-state index contributed by atoms with van der Waals surface area (Å²) in [6, 6.07) is 14.2. The van der Waals surface area contributed by atoms with E-state index in [1.165, 1.54) is 23.9 Å². The molecule has 1 amide bonds. The van der Waals surface area contributed by atoms with Gasteiger partial charge in [0.2, 0.25) is 5.91 Å². The summed E-state index contributed by atoms with van der Waals surface area (Å²) in [6.45, 7) is 2.72. The second kappa shape index (κ2) is 9.13. The summed E-state index contributed by atoms with van der Waals surface area (Å²) in [5.41, 5.74) is 0.220. The van der Waals surface area contributed by atoms with E-state index in [1.54, 1.807) is 0 Å². The molecule has 1 heterocycles. The molecule has 0 aliphatic heterocycles. The molecule has 3 aromatic rings. The molecule has 0 spiro atoms. The molecule has 9 heteroatoms. The van der Waals surface area contributed by atoms with Crippen LogP contribution in [0.5, 0.6) is 0 Å². The second-order valence-electron chi connectivity index (χ2n) is 6.24. The lowest BCUT2D eigenvalue weighted by atomic mass is 10.2. The maximum atomic E-state index is 12.8. The lowest BCUT2D eigenvalue weighted by Crippen LogP contribution is -2.15. The van der Waals surface area contributed by atoms with Gasteiger partial charge in [0.25, 0.3) is 0 Å². The average molecular weight is 420 g/mol. The van der Waals surface area contributed by atoms with Gasteiger partial charge < -0.3 is 9.88 Å². The van der Waals surface area contributed by atoms with Crippen molar-refractivity contribution in [3.05, 3.63) is 60.2 Å². The number of amides is 1. The number of benzene rings is 2. The Hall–Kier alpha value is -2.81. The molecule has 3 rings (SSSR count). The average Bonchev–Trinajstić information content (AvgIpc) is 3.09. The molecule has 29 heavy (non-hydrogen) atoms. The van der Waals surface area contributed by atoms with E-state index < -0.39 is 17.6 Å². The fraction of sp³-hybridized carbons (Fsp3) is 0.250. The molecule has 1 aromatic heterocycles. The maximum absolute atomic E-state index is 12.8. The van der Waals surface area contributed by atoms with Gasteiger partial charge in [0.15, 0.2) is 11.0 Å². The molecular formula is C20H19F3N4OS. The molecule has 152 valence electrons. The van der Waals surface area contributed by atoms with Crippen LogP contribution in [0.3, 0.4) is 0 Å². The van der Waals surface area contributed by atoms with E-state index in [-0.39, 0.29) is 11.4 Å². The Morgan fingerprint density at radius 3 is 2.55 bits per heavy atom. The van der Waals surface area contributed by atoms with Gasteiger partial charge in [-0.2, -0.15) is 13.2 Å². The summed E-state index contributed by atoms with van der Waals surface area (Å²) < 4.78 is 40.3. The summed E-state index contributed by atoms with van der Waals surface area (Å²) in [4.78, 5) is 12.2. The largest absolute Gasteiger partial charge is 0.416 e. The van der Waals surface area contributed by atoms with Crippen LogP contribution < -0.4 is 5.32 Å². The zero-order chi connectivity index (χ0) is 20.9. The van der Waals surface area contributed by atoms with Crippen molar-refractivity contribution in [3.63, 3.8) is 0 Å². The Bertz CT molecular complexity index is 973. The lowest BCUT2D eigenvalue weighted by molar-refractivity contribution is -0.137. The molecule has 0 aliphatic carbocycles. The number of hydrogen-bond acceptors (Lipinski definition) is 4. The fourth-order valence-corrected chi connectivity index (χ4v) is 3.49. The Morgan fingerprint density at radius 2 is 1.86 bits per heavy atom. The standard InChI is InChI=1S/C20H19F3N4OS/c1-2-11-27-18(14-7-4-3-5-8-14)25-26-19(27)29-13-17(28)24-16-10-6-9-15(12-16)20(21,22)23/h3-10,12H,2,11,13H2,1H3,(H,24,28). The quantitative estimate of drug-likeness (QED) is 0.540. The van der Waals surface area contributed by atoms with Crippen LogP contribution in [0.25, 0.3) is 11.4 Å². The molecule has 0 radical (unpaired) electrons. The number of carbonyl (C=O) groups excluding carboxylic acids is 1. The SMILES string of the molecule is CCCn1c(SCC(=O)Nc2cccc(C(F)(F)F)c2)nnc1-c1ccccc1. The predicted octanol–water partition coefficient (Wildman–Crippen LogP) is 5.10. The lowest BCUT2D eigenvalue weighted by Gasteiger charge is -2.10.